The van der Waals surface area contributed by atoms with Crippen LogP contribution in [0.3, 0.4) is 0 Å². The summed E-state index contributed by atoms with van der Waals surface area (Å²) in [5, 5.41) is 12.9. The molecule has 1 N–H and O–H groups in total. The van der Waals surface area contributed by atoms with E-state index in [1.54, 1.807) is 29.8 Å². The molecule has 0 radical (unpaired) electrons. The molecule has 152 valence electrons. The van der Waals surface area contributed by atoms with Crippen LogP contribution in [0.5, 0.6) is 0 Å². The highest BCUT2D eigenvalue weighted by Crippen LogP contribution is 2.42. The Morgan fingerprint density at radius 1 is 1.27 bits per heavy atom. The number of ether oxygens (including phenoxy) is 1. The molecule has 0 unspecified atom stereocenters. The quantitative estimate of drug-likeness (QED) is 0.342. The van der Waals surface area contributed by atoms with E-state index >= 15 is 0 Å². The third-order valence-electron chi connectivity index (χ3n) is 4.67. The number of hydrogen-bond acceptors (Lipinski definition) is 8. The number of hydrogen-bond donors (Lipinski definition) is 1. The smallest absolute Gasteiger partial charge is 0.339 e. The van der Waals surface area contributed by atoms with Gasteiger partial charge in [-0.3, -0.25) is 4.79 Å². The van der Waals surface area contributed by atoms with Crippen LogP contribution in [0.25, 0.3) is 10.2 Å². The monoisotopic (exact) mass is 438 g/mol. The van der Waals surface area contributed by atoms with Crippen molar-refractivity contribution in [1.29, 1.82) is 5.26 Å². The van der Waals surface area contributed by atoms with Gasteiger partial charge < -0.3 is 10.1 Å². The summed E-state index contributed by atoms with van der Waals surface area (Å²) in [5.74, 6) is -1.01. The standard InChI is InChI=1S/C21H18N4O3S2/c22-9-4-10-23-17(26)11-28-21(27)14-5-1-2-7-16(14)30-20-18-13-6-3-8-15(13)29-19(18)24-12-25-20/h1-2,5,7,12H,3-4,6,8,10-11H2,(H,23,26). The van der Waals surface area contributed by atoms with Gasteiger partial charge in [0, 0.05) is 21.7 Å². The van der Waals surface area contributed by atoms with Gasteiger partial charge in [0.25, 0.3) is 5.91 Å². The number of aromatic nitrogens is 2. The first-order valence-electron chi connectivity index (χ1n) is 9.50. The van der Waals surface area contributed by atoms with Crippen LogP contribution in [0.1, 0.15) is 33.6 Å². The van der Waals surface area contributed by atoms with Crippen molar-refractivity contribution in [1.82, 2.24) is 15.3 Å². The van der Waals surface area contributed by atoms with Crippen molar-refractivity contribution in [3.63, 3.8) is 0 Å². The Morgan fingerprint density at radius 2 is 2.13 bits per heavy atom. The third-order valence-corrected chi connectivity index (χ3v) is 6.95. The summed E-state index contributed by atoms with van der Waals surface area (Å²) in [5.41, 5.74) is 1.71. The molecule has 1 aromatic carbocycles. The summed E-state index contributed by atoms with van der Waals surface area (Å²) in [6.45, 7) is -0.160. The topological polar surface area (TPSA) is 105 Å². The molecule has 1 aliphatic carbocycles. The van der Waals surface area contributed by atoms with Crippen LogP contribution in [-0.4, -0.2) is 35.0 Å². The first-order chi connectivity index (χ1) is 14.7. The van der Waals surface area contributed by atoms with Crippen LogP contribution in [0, 0.1) is 11.3 Å². The van der Waals surface area contributed by atoms with Crippen LogP contribution in [0.2, 0.25) is 0 Å². The average molecular weight is 439 g/mol. The highest BCUT2D eigenvalue weighted by atomic mass is 32.2. The lowest BCUT2D eigenvalue weighted by molar-refractivity contribution is -0.124. The SMILES string of the molecule is N#CCCNC(=O)COC(=O)c1ccccc1Sc1ncnc2sc3c(c12)CCC3. The molecule has 0 spiro atoms. The fourth-order valence-corrected chi connectivity index (χ4v) is 5.65. The number of nitrogens with one attached hydrogen (secondary N) is 1. The lowest BCUT2D eigenvalue weighted by Crippen LogP contribution is -2.29. The highest BCUT2D eigenvalue weighted by molar-refractivity contribution is 7.99. The Balaban J connectivity index is 1.52. The largest absolute Gasteiger partial charge is 0.452 e. The summed E-state index contributed by atoms with van der Waals surface area (Å²) >= 11 is 3.13. The number of nitriles is 1. The second-order valence-corrected chi connectivity index (χ2v) is 8.76. The Kier molecular flexibility index (Phi) is 6.26. The van der Waals surface area contributed by atoms with Gasteiger partial charge in [0.2, 0.25) is 0 Å². The number of aryl methyl sites for hydroxylation is 2. The fraction of sp³-hybridized carbons (Fsp3) is 0.286. The van der Waals surface area contributed by atoms with Gasteiger partial charge in [-0.25, -0.2) is 14.8 Å². The van der Waals surface area contributed by atoms with Gasteiger partial charge >= 0.3 is 5.97 Å². The van der Waals surface area contributed by atoms with Crippen molar-refractivity contribution in [3.05, 3.63) is 46.6 Å². The molecule has 30 heavy (non-hydrogen) atoms. The summed E-state index contributed by atoms with van der Waals surface area (Å²) in [6, 6.07) is 9.06. The molecule has 1 aliphatic rings. The van der Waals surface area contributed by atoms with E-state index in [2.05, 4.69) is 15.3 Å². The van der Waals surface area contributed by atoms with Gasteiger partial charge in [-0.05, 0) is 37.0 Å². The predicted molar refractivity (Wildman–Crippen MR) is 114 cm³/mol. The van der Waals surface area contributed by atoms with E-state index in [9.17, 15) is 9.59 Å². The molecule has 0 saturated carbocycles. The lowest BCUT2D eigenvalue weighted by Gasteiger charge is -2.10. The number of amides is 1. The molecule has 9 heteroatoms. The summed E-state index contributed by atoms with van der Waals surface area (Å²) < 4.78 is 5.17. The van der Waals surface area contributed by atoms with Gasteiger partial charge in [0.05, 0.1) is 18.1 Å². The second kappa shape index (κ2) is 9.24. The van der Waals surface area contributed by atoms with Gasteiger partial charge in [0.1, 0.15) is 16.2 Å². The van der Waals surface area contributed by atoms with E-state index in [4.69, 9.17) is 10.00 Å². The Morgan fingerprint density at radius 3 is 3.00 bits per heavy atom. The van der Waals surface area contributed by atoms with E-state index in [0.717, 1.165) is 34.5 Å². The second-order valence-electron chi connectivity index (χ2n) is 6.65. The molecule has 0 bridgehead atoms. The van der Waals surface area contributed by atoms with Gasteiger partial charge in [0.15, 0.2) is 6.61 Å². The molecular formula is C21H18N4O3S2. The minimum Gasteiger partial charge on any atom is -0.452 e. The number of rotatable bonds is 7. The summed E-state index contributed by atoms with van der Waals surface area (Å²) in [6.07, 6.45) is 5.03. The maximum atomic E-state index is 12.6. The number of nitrogens with zero attached hydrogens (tertiary/aromatic N) is 3. The molecule has 0 aliphatic heterocycles. The highest BCUT2D eigenvalue weighted by Gasteiger charge is 2.23. The molecule has 4 rings (SSSR count). The molecule has 3 aromatic rings. The van der Waals surface area contributed by atoms with Crippen molar-refractivity contribution >= 4 is 45.2 Å². The number of benzene rings is 1. The van der Waals surface area contributed by atoms with E-state index in [-0.39, 0.29) is 19.6 Å². The zero-order chi connectivity index (χ0) is 20.9. The van der Waals surface area contributed by atoms with Crippen molar-refractivity contribution in [2.45, 2.75) is 35.6 Å². The summed E-state index contributed by atoms with van der Waals surface area (Å²) in [4.78, 5) is 36.3. The molecular weight excluding hydrogens is 420 g/mol. The number of esters is 1. The summed E-state index contributed by atoms with van der Waals surface area (Å²) in [7, 11) is 0. The van der Waals surface area contributed by atoms with Crippen molar-refractivity contribution < 1.29 is 14.3 Å². The number of carbonyl (C=O) groups is 2. The maximum absolute atomic E-state index is 12.6. The van der Waals surface area contributed by atoms with E-state index in [1.807, 2.05) is 18.2 Å². The lowest BCUT2D eigenvalue weighted by atomic mass is 10.2. The molecule has 2 aromatic heterocycles. The molecule has 2 heterocycles. The van der Waals surface area contributed by atoms with E-state index < -0.39 is 11.9 Å². The average Bonchev–Trinajstić information content (AvgIpc) is 3.34. The number of fused-ring (bicyclic) bond motifs is 3. The molecule has 0 fully saturated rings. The third kappa shape index (κ3) is 4.30. The van der Waals surface area contributed by atoms with Crippen LogP contribution in [-0.2, 0) is 22.4 Å². The molecule has 7 nitrogen and oxygen atoms in total. The van der Waals surface area contributed by atoms with Gasteiger partial charge in [-0.15, -0.1) is 11.3 Å². The van der Waals surface area contributed by atoms with Crippen molar-refractivity contribution in [2.75, 3.05) is 13.2 Å². The Bertz CT molecular complexity index is 1150. The fourth-order valence-electron chi connectivity index (χ4n) is 3.32. The first kappa shape index (κ1) is 20.3. The van der Waals surface area contributed by atoms with E-state index in [1.165, 1.54) is 22.2 Å². The Labute approximate surface area is 181 Å². The maximum Gasteiger partial charge on any atom is 0.339 e. The predicted octanol–water partition coefficient (Wildman–Crippen LogP) is 3.52. The molecule has 0 atom stereocenters. The van der Waals surface area contributed by atoms with Gasteiger partial charge in [-0.2, -0.15) is 5.26 Å². The van der Waals surface area contributed by atoms with Crippen LogP contribution >= 0.6 is 23.1 Å². The number of thiophene rings is 1. The normalized spacial score (nSPS) is 12.4. The van der Waals surface area contributed by atoms with Crippen molar-refractivity contribution in [3.8, 4) is 6.07 Å². The van der Waals surface area contributed by atoms with Crippen LogP contribution < -0.4 is 5.32 Å². The zero-order valence-electron chi connectivity index (χ0n) is 16.0. The van der Waals surface area contributed by atoms with Crippen molar-refractivity contribution in [2.24, 2.45) is 0 Å². The van der Waals surface area contributed by atoms with Crippen LogP contribution in [0.4, 0.5) is 0 Å². The minimum absolute atomic E-state index is 0.207. The first-order valence-corrected chi connectivity index (χ1v) is 11.1. The molecule has 0 saturated heterocycles. The molecule has 1 amide bonds. The number of carbonyl (C=O) groups excluding carboxylic acids is 2. The van der Waals surface area contributed by atoms with Gasteiger partial charge in [-0.1, -0.05) is 23.9 Å². The van der Waals surface area contributed by atoms with E-state index in [0.29, 0.717) is 10.5 Å². The van der Waals surface area contributed by atoms with Crippen LogP contribution in [0.15, 0.2) is 40.5 Å². The zero-order valence-corrected chi connectivity index (χ0v) is 17.6. The minimum atomic E-state index is -0.575. The Hall–Kier alpha value is -2.96.